The highest BCUT2D eigenvalue weighted by Gasteiger charge is 2.20. The zero-order valence-electron chi connectivity index (χ0n) is 16.9. The molecule has 146 valence electrons. The predicted octanol–water partition coefficient (Wildman–Crippen LogP) is 3.66. The van der Waals surface area contributed by atoms with E-state index < -0.39 is 0 Å². The van der Waals surface area contributed by atoms with Crippen LogP contribution in [0.3, 0.4) is 0 Å². The lowest BCUT2D eigenvalue weighted by Gasteiger charge is -2.21. The maximum atomic E-state index is 12.9. The molecule has 0 saturated carbocycles. The molecular weight excluding hydrogens is 350 g/mol. The van der Waals surface area contributed by atoms with Crippen molar-refractivity contribution in [3.8, 4) is 11.4 Å². The summed E-state index contributed by atoms with van der Waals surface area (Å²) < 4.78 is 1.77. The molecule has 0 N–H and O–H groups in total. The molecule has 28 heavy (non-hydrogen) atoms. The normalized spacial score (nSPS) is 15.0. The molecule has 4 rings (SSSR count). The van der Waals surface area contributed by atoms with Gasteiger partial charge in [0.1, 0.15) is 0 Å². The fourth-order valence-electron chi connectivity index (χ4n) is 3.87. The van der Waals surface area contributed by atoms with Crippen LogP contribution in [0, 0.1) is 20.8 Å². The van der Waals surface area contributed by atoms with Gasteiger partial charge in [-0.2, -0.15) is 4.98 Å². The van der Waals surface area contributed by atoms with E-state index in [0.717, 1.165) is 48.4 Å². The summed E-state index contributed by atoms with van der Waals surface area (Å²) >= 11 is 0. The number of likely N-dealkylation sites (tertiary alicyclic amines) is 1. The summed E-state index contributed by atoms with van der Waals surface area (Å²) in [6.07, 6.45) is 5.01. The standard InChI is InChI=1S/C22H27N5O/c1-15-8-10-18(11-9-15)21-24-22-23-16(2)19(17(3)27(22)25-21)14-20(28)26-12-6-4-5-7-13-26/h8-11H,4-7,12-14H2,1-3H3. The van der Waals surface area contributed by atoms with E-state index in [1.807, 2.05) is 30.9 Å². The van der Waals surface area contributed by atoms with E-state index in [0.29, 0.717) is 18.0 Å². The Morgan fingerprint density at radius 2 is 1.64 bits per heavy atom. The van der Waals surface area contributed by atoms with Crippen molar-refractivity contribution in [2.75, 3.05) is 13.1 Å². The lowest BCUT2D eigenvalue weighted by Crippen LogP contribution is -2.33. The van der Waals surface area contributed by atoms with Crippen LogP contribution < -0.4 is 0 Å². The number of fused-ring (bicyclic) bond motifs is 1. The van der Waals surface area contributed by atoms with Crippen molar-refractivity contribution in [2.45, 2.75) is 52.9 Å². The second-order valence-corrected chi connectivity index (χ2v) is 7.75. The zero-order chi connectivity index (χ0) is 19.7. The fourth-order valence-corrected chi connectivity index (χ4v) is 3.87. The van der Waals surface area contributed by atoms with Crippen molar-refractivity contribution in [3.63, 3.8) is 0 Å². The smallest absolute Gasteiger partial charge is 0.253 e. The molecule has 1 aliphatic rings. The molecule has 2 aromatic heterocycles. The molecule has 1 saturated heterocycles. The van der Waals surface area contributed by atoms with E-state index in [2.05, 4.69) is 34.1 Å². The maximum Gasteiger partial charge on any atom is 0.253 e. The molecule has 1 aromatic carbocycles. The van der Waals surface area contributed by atoms with Gasteiger partial charge in [0.05, 0.1) is 6.42 Å². The molecule has 6 nitrogen and oxygen atoms in total. The van der Waals surface area contributed by atoms with E-state index in [1.54, 1.807) is 4.52 Å². The minimum Gasteiger partial charge on any atom is -0.342 e. The van der Waals surface area contributed by atoms with Crippen molar-refractivity contribution in [3.05, 3.63) is 46.8 Å². The van der Waals surface area contributed by atoms with Crippen LogP contribution in [0.1, 0.15) is 48.2 Å². The van der Waals surface area contributed by atoms with Gasteiger partial charge in [-0.25, -0.2) is 9.50 Å². The van der Waals surface area contributed by atoms with E-state index in [-0.39, 0.29) is 5.91 Å². The minimum atomic E-state index is 0.188. The van der Waals surface area contributed by atoms with Gasteiger partial charge in [0.25, 0.3) is 5.78 Å². The van der Waals surface area contributed by atoms with Crippen molar-refractivity contribution in [2.24, 2.45) is 0 Å². The number of aromatic nitrogens is 4. The third kappa shape index (κ3) is 3.63. The Balaban J connectivity index is 1.65. The van der Waals surface area contributed by atoms with E-state index >= 15 is 0 Å². The molecular formula is C22H27N5O. The lowest BCUT2D eigenvalue weighted by atomic mass is 10.1. The maximum absolute atomic E-state index is 12.9. The summed E-state index contributed by atoms with van der Waals surface area (Å²) in [7, 11) is 0. The van der Waals surface area contributed by atoms with Crippen LogP contribution in [0.25, 0.3) is 17.2 Å². The monoisotopic (exact) mass is 377 g/mol. The molecule has 3 aromatic rings. The van der Waals surface area contributed by atoms with Crippen LogP contribution in [-0.2, 0) is 11.2 Å². The Kier molecular flexibility index (Phi) is 5.11. The van der Waals surface area contributed by atoms with Crippen molar-refractivity contribution >= 4 is 11.7 Å². The molecule has 0 aliphatic carbocycles. The van der Waals surface area contributed by atoms with Crippen LogP contribution in [0.5, 0.6) is 0 Å². The van der Waals surface area contributed by atoms with Crippen LogP contribution in [-0.4, -0.2) is 43.5 Å². The van der Waals surface area contributed by atoms with E-state index in [9.17, 15) is 4.79 Å². The number of hydrogen-bond acceptors (Lipinski definition) is 4. The van der Waals surface area contributed by atoms with Gasteiger partial charge in [0.15, 0.2) is 5.82 Å². The Hall–Kier alpha value is -2.76. The minimum absolute atomic E-state index is 0.188. The highest BCUT2D eigenvalue weighted by atomic mass is 16.2. The first kappa shape index (κ1) is 18.6. The first-order valence-electron chi connectivity index (χ1n) is 10.1. The Morgan fingerprint density at radius 1 is 0.964 bits per heavy atom. The largest absolute Gasteiger partial charge is 0.342 e. The van der Waals surface area contributed by atoms with Gasteiger partial charge in [0, 0.05) is 35.6 Å². The number of amides is 1. The SMILES string of the molecule is Cc1ccc(-c2nc3nc(C)c(CC(=O)N4CCCCCC4)c(C)n3n2)cc1. The quantitative estimate of drug-likeness (QED) is 0.699. The number of carbonyl (C=O) groups excluding carboxylic acids is 1. The fraction of sp³-hybridized carbons (Fsp3) is 0.455. The lowest BCUT2D eigenvalue weighted by molar-refractivity contribution is -0.130. The molecule has 0 radical (unpaired) electrons. The van der Waals surface area contributed by atoms with Gasteiger partial charge in [-0.15, -0.1) is 5.10 Å². The van der Waals surface area contributed by atoms with E-state index in [1.165, 1.54) is 18.4 Å². The molecule has 6 heteroatoms. The highest BCUT2D eigenvalue weighted by Crippen LogP contribution is 2.21. The van der Waals surface area contributed by atoms with Crippen LogP contribution in [0.4, 0.5) is 0 Å². The summed E-state index contributed by atoms with van der Waals surface area (Å²) in [5.74, 6) is 1.43. The second-order valence-electron chi connectivity index (χ2n) is 7.75. The summed E-state index contributed by atoms with van der Waals surface area (Å²) in [5.41, 5.74) is 4.93. The van der Waals surface area contributed by atoms with Crippen molar-refractivity contribution in [1.29, 1.82) is 0 Å². The molecule has 1 amide bonds. The average molecular weight is 377 g/mol. The third-order valence-corrected chi connectivity index (χ3v) is 5.65. The molecule has 1 fully saturated rings. The topological polar surface area (TPSA) is 63.4 Å². The van der Waals surface area contributed by atoms with Crippen molar-refractivity contribution in [1.82, 2.24) is 24.5 Å². The number of rotatable bonds is 3. The zero-order valence-corrected chi connectivity index (χ0v) is 16.9. The molecule has 0 bridgehead atoms. The second kappa shape index (κ2) is 7.70. The number of nitrogens with zero attached hydrogens (tertiary/aromatic N) is 5. The molecule has 1 aliphatic heterocycles. The summed E-state index contributed by atoms with van der Waals surface area (Å²) in [5, 5.41) is 4.67. The van der Waals surface area contributed by atoms with Crippen molar-refractivity contribution < 1.29 is 4.79 Å². The summed E-state index contributed by atoms with van der Waals surface area (Å²) in [4.78, 5) is 24.1. The predicted molar refractivity (Wildman–Crippen MR) is 109 cm³/mol. The Morgan fingerprint density at radius 3 is 2.32 bits per heavy atom. The number of carbonyl (C=O) groups is 1. The molecule has 0 unspecified atom stereocenters. The van der Waals surface area contributed by atoms with Gasteiger partial charge >= 0.3 is 0 Å². The molecule has 0 atom stereocenters. The number of benzene rings is 1. The molecule has 0 spiro atoms. The third-order valence-electron chi connectivity index (χ3n) is 5.65. The van der Waals surface area contributed by atoms with E-state index in [4.69, 9.17) is 0 Å². The van der Waals surface area contributed by atoms with Gasteiger partial charge in [-0.3, -0.25) is 4.79 Å². The van der Waals surface area contributed by atoms with Gasteiger partial charge in [0.2, 0.25) is 5.91 Å². The van der Waals surface area contributed by atoms with Gasteiger partial charge in [-0.05, 0) is 33.6 Å². The van der Waals surface area contributed by atoms with Gasteiger partial charge in [-0.1, -0.05) is 42.7 Å². The Bertz CT molecular complexity index is 998. The van der Waals surface area contributed by atoms with Crippen LogP contribution in [0.15, 0.2) is 24.3 Å². The highest BCUT2D eigenvalue weighted by molar-refractivity contribution is 5.79. The number of hydrogen-bond donors (Lipinski definition) is 0. The van der Waals surface area contributed by atoms with Crippen LogP contribution >= 0.6 is 0 Å². The molecule has 3 heterocycles. The summed E-state index contributed by atoms with van der Waals surface area (Å²) in [6.45, 7) is 7.75. The number of aryl methyl sites for hydroxylation is 3. The van der Waals surface area contributed by atoms with Crippen LogP contribution in [0.2, 0.25) is 0 Å². The first-order valence-corrected chi connectivity index (χ1v) is 10.1. The first-order chi connectivity index (χ1) is 13.5. The average Bonchev–Trinajstić information content (AvgIpc) is 2.92. The Labute approximate surface area is 165 Å². The summed E-state index contributed by atoms with van der Waals surface area (Å²) in [6, 6.07) is 8.15. The van der Waals surface area contributed by atoms with Gasteiger partial charge < -0.3 is 4.90 Å².